The number of aromatic nitrogens is 5. The zero-order valence-electron chi connectivity index (χ0n) is 17.3. The first-order valence-electron chi connectivity index (χ1n) is 9.58. The summed E-state index contributed by atoms with van der Waals surface area (Å²) >= 11 is 2.69. The minimum atomic E-state index is -0.647. The van der Waals surface area contributed by atoms with Crippen molar-refractivity contribution in [3.63, 3.8) is 0 Å². The van der Waals surface area contributed by atoms with Crippen LogP contribution in [-0.2, 0) is 4.74 Å². The predicted molar refractivity (Wildman–Crippen MR) is 120 cm³/mol. The Hall–Kier alpha value is -4.07. The fraction of sp³-hybridized carbons (Fsp3) is 0.0952. The summed E-state index contributed by atoms with van der Waals surface area (Å²) in [7, 11) is 1.27. The third kappa shape index (κ3) is 4.14. The number of hydrogen-bond donors (Lipinski definition) is 1. The number of methoxy groups -OCH3 is 1. The number of esters is 1. The highest BCUT2D eigenvalue weighted by Gasteiger charge is 2.18. The van der Waals surface area contributed by atoms with Gasteiger partial charge in [-0.1, -0.05) is 6.07 Å². The first-order chi connectivity index (χ1) is 16.6. The van der Waals surface area contributed by atoms with Crippen LogP contribution in [0.4, 0.5) is 0 Å². The molecule has 0 aliphatic carbocycles. The molecule has 0 unspecified atom stereocenters. The van der Waals surface area contributed by atoms with Crippen molar-refractivity contribution in [3.05, 3.63) is 52.9 Å². The van der Waals surface area contributed by atoms with Crippen molar-refractivity contribution in [1.29, 1.82) is 0 Å². The maximum Gasteiger partial charge on any atom is 0.360 e. The molecule has 0 saturated carbocycles. The van der Waals surface area contributed by atoms with Crippen LogP contribution >= 0.6 is 22.7 Å². The van der Waals surface area contributed by atoms with Crippen molar-refractivity contribution in [2.45, 2.75) is 0 Å². The highest BCUT2D eigenvalue weighted by atomic mass is 32.1. The summed E-state index contributed by atoms with van der Waals surface area (Å²) in [6, 6.07) is 5.47. The molecular formula is C21H13N5O6S2. The molecule has 0 amide bonds. The topological polar surface area (TPSA) is 154 Å². The Labute approximate surface area is 198 Å². The van der Waals surface area contributed by atoms with Crippen LogP contribution in [0.1, 0.15) is 21.0 Å². The average Bonchev–Trinajstić information content (AvgIpc) is 3.68. The Morgan fingerprint density at radius 2 is 1.41 bits per heavy atom. The van der Waals surface area contributed by atoms with Gasteiger partial charge in [-0.2, -0.15) is 0 Å². The lowest BCUT2D eigenvalue weighted by Gasteiger charge is -1.99. The van der Waals surface area contributed by atoms with E-state index in [0.29, 0.717) is 32.8 Å². The van der Waals surface area contributed by atoms with Gasteiger partial charge in [0.1, 0.15) is 46.2 Å². The molecule has 0 bridgehead atoms. The number of oxazole rings is 2. The third-order valence-corrected chi connectivity index (χ3v) is 6.20. The van der Waals surface area contributed by atoms with Gasteiger partial charge in [0.05, 0.1) is 18.5 Å². The van der Waals surface area contributed by atoms with E-state index in [1.807, 2.05) is 18.2 Å². The smallest absolute Gasteiger partial charge is 0.360 e. The summed E-state index contributed by atoms with van der Waals surface area (Å²) in [5.74, 6) is -0.747. The number of ketones is 1. The number of ether oxygens (including phenoxy) is 1. The third-order valence-electron chi connectivity index (χ3n) is 4.47. The Bertz CT molecular complexity index is 1390. The number of aliphatic hydroxyl groups excluding tert-OH is 1. The minimum Gasteiger partial charge on any atom is -0.464 e. The van der Waals surface area contributed by atoms with Crippen molar-refractivity contribution in [2.75, 3.05) is 13.7 Å². The second-order valence-corrected chi connectivity index (χ2v) is 8.35. The largest absolute Gasteiger partial charge is 0.464 e. The van der Waals surface area contributed by atoms with Crippen molar-refractivity contribution < 1.29 is 28.3 Å². The first-order valence-corrected chi connectivity index (χ1v) is 11.3. The molecule has 13 heteroatoms. The first kappa shape index (κ1) is 21.8. The van der Waals surface area contributed by atoms with Crippen LogP contribution in [-0.4, -0.2) is 55.5 Å². The highest BCUT2D eigenvalue weighted by Crippen LogP contribution is 2.31. The van der Waals surface area contributed by atoms with Crippen molar-refractivity contribution in [2.24, 2.45) is 0 Å². The molecule has 5 aromatic rings. The van der Waals surface area contributed by atoms with E-state index < -0.39 is 18.4 Å². The molecule has 5 rings (SSSR count). The highest BCUT2D eigenvalue weighted by molar-refractivity contribution is 7.13. The van der Waals surface area contributed by atoms with Crippen LogP contribution in [0.5, 0.6) is 0 Å². The molecule has 0 aliphatic rings. The normalized spacial score (nSPS) is 11.0. The van der Waals surface area contributed by atoms with Gasteiger partial charge in [-0.15, -0.1) is 22.7 Å². The van der Waals surface area contributed by atoms with Gasteiger partial charge < -0.3 is 18.7 Å². The molecule has 5 heterocycles. The number of hydrogen-bond acceptors (Lipinski definition) is 13. The van der Waals surface area contributed by atoms with Crippen molar-refractivity contribution in [3.8, 4) is 44.6 Å². The molecule has 34 heavy (non-hydrogen) atoms. The lowest BCUT2D eigenvalue weighted by atomic mass is 10.3. The molecule has 0 spiro atoms. The fourth-order valence-electron chi connectivity index (χ4n) is 2.84. The zero-order chi connectivity index (χ0) is 23.7. The molecule has 1 N–H and O–H groups in total. The van der Waals surface area contributed by atoms with E-state index in [9.17, 15) is 9.59 Å². The molecule has 0 aliphatic heterocycles. The molecule has 0 aromatic carbocycles. The zero-order valence-corrected chi connectivity index (χ0v) is 18.9. The van der Waals surface area contributed by atoms with Gasteiger partial charge in [0.25, 0.3) is 0 Å². The van der Waals surface area contributed by atoms with Crippen molar-refractivity contribution in [1.82, 2.24) is 24.9 Å². The van der Waals surface area contributed by atoms with E-state index >= 15 is 0 Å². The van der Waals surface area contributed by atoms with E-state index in [0.717, 1.165) is 0 Å². The van der Waals surface area contributed by atoms with E-state index in [2.05, 4.69) is 29.7 Å². The predicted octanol–water partition coefficient (Wildman–Crippen LogP) is 3.60. The Morgan fingerprint density at radius 3 is 1.97 bits per heavy atom. The summed E-state index contributed by atoms with van der Waals surface area (Å²) in [5, 5.41) is 13.7. The SMILES string of the molecule is COC(=O)c1coc(-c2csc(-c3cccc(-c4nc(-c5nc(C(=O)CO)co5)cs4)n3)n2)n1. The quantitative estimate of drug-likeness (QED) is 0.260. The summed E-state index contributed by atoms with van der Waals surface area (Å²) in [6.45, 7) is -0.647. The van der Waals surface area contributed by atoms with Crippen molar-refractivity contribution >= 4 is 34.4 Å². The van der Waals surface area contributed by atoms with Gasteiger partial charge in [0.2, 0.25) is 17.6 Å². The van der Waals surface area contributed by atoms with Gasteiger partial charge in [-0.25, -0.2) is 29.7 Å². The van der Waals surface area contributed by atoms with Gasteiger partial charge in [-0.05, 0) is 12.1 Å². The summed E-state index contributed by atoms with van der Waals surface area (Å²) in [5.41, 5.74) is 2.26. The molecular weight excluding hydrogens is 482 g/mol. The monoisotopic (exact) mass is 495 g/mol. The maximum atomic E-state index is 11.6. The summed E-state index contributed by atoms with van der Waals surface area (Å²) in [6.07, 6.45) is 2.41. The number of aliphatic hydroxyl groups is 1. The molecule has 0 radical (unpaired) electrons. The number of Topliss-reactive ketones (excluding diaryl/α,β-unsaturated/α-hetero) is 1. The molecule has 11 nitrogen and oxygen atoms in total. The molecule has 5 aromatic heterocycles. The molecule has 170 valence electrons. The van der Waals surface area contributed by atoms with Gasteiger partial charge in [-0.3, -0.25) is 4.79 Å². The van der Waals surface area contributed by atoms with Crippen LogP contribution in [0.3, 0.4) is 0 Å². The van der Waals surface area contributed by atoms with Crippen LogP contribution in [0, 0.1) is 0 Å². The number of carbonyl (C=O) groups excluding carboxylic acids is 2. The molecule has 0 saturated heterocycles. The van der Waals surface area contributed by atoms with E-state index in [1.165, 1.54) is 42.3 Å². The lowest BCUT2D eigenvalue weighted by Crippen LogP contribution is -2.04. The van der Waals surface area contributed by atoms with E-state index in [1.54, 1.807) is 10.8 Å². The van der Waals surface area contributed by atoms with E-state index in [-0.39, 0.29) is 23.2 Å². The number of nitrogens with zero attached hydrogens (tertiary/aromatic N) is 5. The number of carbonyl (C=O) groups is 2. The maximum absolute atomic E-state index is 11.6. The lowest BCUT2D eigenvalue weighted by molar-refractivity contribution is 0.0594. The Balaban J connectivity index is 1.39. The summed E-state index contributed by atoms with van der Waals surface area (Å²) < 4.78 is 15.3. The van der Waals surface area contributed by atoms with Gasteiger partial charge >= 0.3 is 5.97 Å². The number of thiazole rings is 2. The van der Waals surface area contributed by atoms with Crippen LogP contribution in [0.2, 0.25) is 0 Å². The Morgan fingerprint density at radius 1 is 0.853 bits per heavy atom. The molecule has 0 atom stereocenters. The van der Waals surface area contributed by atoms with Crippen LogP contribution in [0.15, 0.2) is 50.3 Å². The van der Waals surface area contributed by atoms with Gasteiger partial charge in [0.15, 0.2) is 5.69 Å². The minimum absolute atomic E-state index is 0.0384. The fourth-order valence-corrected chi connectivity index (χ4v) is 4.37. The standard InChI is InChI=1S/C21H13N5O6S2/c1-30-21(29)13-7-32-18(24-13)15-9-34-20(26-15)11-4-2-3-10(22-11)19-25-14(8-33-19)17-23-12(6-31-17)16(28)5-27/h2-4,6-9,27H,5H2,1H3. The molecule has 0 fully saturated rings. The second kappa shape index (κ2) is 9.05. The second-order valence-electron chi connectivity index (χ2n) is 6.63. The average molecular weight is 495 g/mol. The number of rotatable bonds is 7. The van der Waals surface area contributed by atoms with Gasteiger partial charge in [0, 0.05) is 10.8 Å². The van der Waals surface area contributed by atoms with E-state index in [4.69, 9.17) is 13.9 Å². The number of pyridine rings is 1. The summed E-state index contributed by atoms with van der Waals surface area (Å²) in [4.78, 5) is 45.0. The van der Waals surface area contributed by atoms with Crippen LogP contribution in [0.25, 0.3) is 44.6 Å². The Kier molecular flexibility index (Phi) is 5.79. The van der Waals surface area contributed by atoms with Crippen LogP contribution < -0.4 is 0 Å².